The van der Waals surface area contributed by atoms with Crippen LogP contribution in [0.25, 0.3) is 0 Å². The van der Waals surface area contributed by atoms with Crippen molar-refractivity contribution in [1.29, 1.82) is 0 Å². The van der Waals surface area contributed by atoms with Crippen LogP contribution in [0, 0.1) is 6.92 Å². The zero-order valence-electron chi connectivity index (χ0n) is 10.6. The highest BCUT2D eigenvalue weighted by atomic mass is 16.4. The fourth-order valence-corrected chi connectivity index (χ4v) is 1.82. The molecule has 0 unspecified atom stereocenters. The van der Waals surface area contributed by atoms with Crippen molar-refractivity contribution in [3.63, 3.8) is 0 Å². The number of aryl methyl sites for hydroxylation is 1. The molecule has 18 heavy (non-hydrogen) atoms. The highest BCUT2D eigenvalue weighted by Gasteiger charge is 2.10. The summed E-state index contributed by atoms with van der Waals surface area (Å²) in [4.78, 5) is 23.6. The summed E-state index contributed by atoms with van der Waals surface area (Å²) in [7, 11) is 0. The second kappa shape index (κ2) is 6.05. The highest BCUT2D eigenvalue weighted by molar-refractivity contribution is 5.94. The smallest absolute Gasteiger partial charge is 0.305 e. The van der Waals surface area contributed by atoms with Crippen molar-refractivity contribution in [2.24, 2.45) is 5.73 Å². The quantitative estimate of drug-likeness (QED) is 0.799. The Morgan fingerprint density at radius 2 is 2.06 bits per heavy atom. The SMILES string of the molecule is CCN(CCC(=O)O)c1ccc(C(N)=O)c(C)c1. The summed E-state index contributed by atoms with van der Waals surface area (Å²) in [6.07, 6.45) is 0.0878. The van der Waals surface area contributed by atoms with Crippen LogP contribution in [0.3, 0.4) is 0 Å². The summed E-state index contributed by atoms with van der Waals surface area (Å²) >= 11 is 0. The number of nitrogens with two attached hydrogens (primary N) is 1. The van der Waals surface area contributed by atoms with Crippen LogP contribution >= 0.6 is 0 Å². The minimum Gasteiger partial charge on any atom is -0.481 e. The van der Waals surface area contributed by atoms with Gasteiger partial charge in [0.2, 0.25) is 5.91 Å². The van der Waals surface area contributed by atoms with Gasteiger partial charge in [-0.2, -0.15) is 0 Å². The molecule has 0 aliphatic rings. The number of aliphatic carboxylic acids is 1. The number of hydrogen-bond donors (Lipinski definition) is 2. The van der Waals surface area contributed by atoms with Crippen LogP contribution in [-0.2, 0) is 4.79 Å². The molecular weight excluding hydrogens is 232 g/mol. The lowest BCUT2D eigenvalue weighted by Gasteiger charge is -2.23. The monoisotopic (exact) mass is 250 g/mol. The Bertz CT molecular complexity index is 458. The first-order valence-electron chi connectivity index (χ1n) is 5.83. The van der Waals surface area contributed by atoms with Crippen LogP contribution in [0.1, 0.15) is 29.3 Å². The lowest BCUT2D eigenvalue weighted by atomic mass is 10.1. The van der Waals surface area contributed by atoms with Crippen LogP contribution in [0.4, 0.5) is 5.69 Å². The molecule has 0 saturated carbocycles. The lowest BCUT2D eigenvalue weighted by Crippen LogP contribution is -2.26. The molecule has 0 atom stereocenters. The maximum Gasteiger partial charge on any atom is 0.305 e. The molecule has 1 amide bonds. The van der Waals surface area contributed by atoms with Gasteiger partial charge >= 0.3 is 5.97 Å². The largest absolute Gasteiger partial charge is 0.481 e. The average molecular weight is 250 g/mol. The van der Waals surface area contributed by atoms with Crippen molar-refractivity contribution in [3.8, 4) is 0 Å². The van der Waals surface area contributed by atoms with Gasteiger partial charge in [0.15, 0.2) is 0 Å². The summed E-state index contributed by atoms with van der Waals surface area (Å²) in [5, 5.41) is 8.69. The number of benzene rings is 1. The molecule has 3 N–H and O–H groups in total. The Hall–Kier alpha value is -2.04. The third-order valence-electron chi connectivity index (χ3n) is 2.82. The summed E-state index contributed by atoms with van der Waals surface area (Å²) in [6.45, 7) is 4.93. The number of carboxylic acid groups (broad SMARTS) is 1. The third-order valence-corrected chi connectivity index (χ3v) is 2.82. The van der Waals surface area contributed by atoms with Gasteiger partial charge < -0.3 is 15.7 Å². The van der Waals surface area contributed by atoms with Gasteiger partial charge in [-0.1, -0.05) is 0 Å². The van der Waals surface area contributed by atoms with E-state index in [1.54, 1.807) is 12.1 Å². The number of rotatable bonds is 6. The number of amides is 1. The summed E-state index contributed by atoms with van der Waals surface area (Å²) in [5.74, 6) is -1.27. The van der Waals surface area contributed by atoms with E-state index in [0.717, 1.165) is 11.3 Å². The van der Waals surface area contributed by atoms with Gasteiger partial charge in [-0.05, 0) is 37.6 Å². The van der Waals surface area contributed by atoms with Crippen molar-refractivity contribution >= 4 is 17.6 Å². The third kappa shape index (κ3) is 3.48. The predicted molar refractivity (Wildman–Crippen MR) is 69.8 cm³/mol. The summed E-state index contributed by atoms with van der Waals surface area (Å²) in [5.41, 5.74) is 7.44. The first kappa shape index (κ1) is 14.0. The van der Waals surface area contributed by atoms with Crippen molar-refractivity contribution in [3.05, 3.63) is 29.3 Å². The molecule has 0 aromatic heterocycles. The van der Waals surface area contributed by atoms with Gasteiger partial charge in [-0.3, -0.25) is 9.59 Å². The van der Waals surface area contributed by atoms with Crippen molar-refractivity contribution in [2.75, 3.05) is 18.0 Å². The van der Waals surface area contributed by atoms with Crippen LogP contribution < -0.4 is 10.6 Å². The molecule has 0 saturated heterocycles. The number of anilines is 1. The van der Waals surface area contributed by atoms with E-state index in [0.29, 0.717) is 18.7 Å². The Kier molecular flexibility index (Phi) is 4.71. The summed E-state index contributed by atoms with van der Waals surface area (Å²) in [6, 6.07) is 5.32. The van der Waals surface area contributed by atoms with E-state index in [1.807, 2.05) is 24.8 Å². The molecule has 0 spiro atoms. The first-order valence-corrected chi connectivity index (χ1v) is 5.83. The standard InChI is InChI=1S/C13H18N2O3/c1-3-15(7-6-12(16)17)10-4-5-11(13(14)18)9(2)8-10/h4-5,8H,3,6-7H2,1-2H3,(H2,14,18)(H,16,17). The maximum absolute atomic E-state index is 11.1. The van der Waals surface area contributed by atoms with E-state index >= 15 is 0 Å². The minimum absolute atomic E-state index is 0.0878. The van der Waals surface area contributed by atoms with E-state index in [4.69, 9.17) is 10.8 Å². The lowest BCUT2D eigenvalue weighted by molar-refractivity contribution is -0.136. The zero-order chi connectivity index (χ0) is 13.7. The maximum atomic E-state index is 11.1. The van der Waals surface area contributed by atoms with Crippen LogP contribution in [0.5, 0.6) is 0 Å². The molecule has 1 aromatic carbocycles. The van der Waals surface area contributed by atoms with Gasteiger partial charge in [-0.15, -0.1) is 0 Å². The molecule has 5 nitrogen and oxygen atoms in total. The normalized spacial score (nSPS) is 10.1. The number of primary amides is 1. The number of hydrogen-bond acceptors (Lipinski definition) is 3. The molecule has 0 radical (unpaired) electrons. The molecular formula is C13H18N2O3. The Balaban J connectivity index is 2.90. The van der Waals surface area contributed by atoms with E-state index in [9.17, 15) is 9.59 Å². The minimum atomic E-state index is -0.820. The van der Waals surface area contributed by atoms with Crippen molar-refractivity contribution in [2.45, 2.75) is 20.3 Å². The van der Waals surface area contributed by atoms with E-state index < -0.39 is 11.9 Å². The Labute approximate surface area is 106 Å². The number of nitrogens with zero attached hydrogens (tertiary/aromatic N) is 1. The predicted octanol–water partition coefficient (Wildman–Crippen LogP) is 1.39. The average Bonchev–Trinajstić information content (AvgIpc) is 2.29. The number of carbonyl (C=O) groups excluding carboxylic acids is 1. The topological polar surface area (TPSA) is 83.6 Å². The second-order valence-corrected chi connectivity index (χ2v) is 4.09. The van der Waals surface area contributed by atoms with Gasteiger partial charge in [0.1, 0.15) is 0 Å². The highest BCUT2D eigenvalue weighted by Crippen LogP contribution is 2.19. The molecule has 1 aromatic rings. The fraction of sp³-hybridized carbons (Fsp3) is 0.385. The van der Waals surface area contributed by atoms with E-state index in [-0.39, 0.29) is 6.42 Å². The Morgan fingerprint density at radius 3 is 2.50 bits per heavy atom. The molecule has 0 heterocycles. The molecule has 0 bridgehead atoms. The molecule has 1 rings (SSSR count). The summed E-state index contributed by atoms with van der Waals surface area (Å²) < 4.78 is 0. The van der Waals surface area contributed by atoms with E-state index in [2.05, 4.69) is 0 Å². The van der Waals surface area contributed by atoms with Gasteiger partial charge in [0, 0.05) is 24.3 Å². The zero-order valence-corrected chi connectivity index (χ0v) is 10.6. The Morgan fingerprint density at radius 1 is 1.39 bits per heavy atom. The fourth-order valence-electron chi connectivity index (χ4n) is 1.82. The van der Waals surface area contributed by atoms with Crippen LogP contribution in [0.15, 0.2) is 18.2 Å². The first-order chi connectivity index (χ1) is 8.45. The van der Waals surface area contributed by atoms with Gasteiger partial charge in [-0.25, -0.2) is 0 Å². The van der Waals surface area contributed by atoms with Crippen molar-refractivity contribution < 1.29 is 14.7 Å². The van der Waals surface area contributed by atoms with Crippen molar-refractivity contribution in [1.82, 2.24) is 0 Å². The number of carboxylic acids is 1. The molecule has 98 valence electrons. The second-order valence-electron chi connectivity index (χ2n) is 4.09. The molecule has 5 heteroatoms. The molecule has 0 aliphatic carbocycles. The van der Waals surface area contributed by atoms with Crippen LogP contribution in [-0.4, -0.2) is 30.1 Å². The molecule has 0 aliphatic heterocycles. The van der Waals surface area contributed by atoms with Gasteiger partial charge in [0.05, 0.1) is 6.42 Å². The number of carbonyl (C=O) groups is 2. The molecule has 0 fully saturated rings. The van der Waals surface area contributed by atoms with E-state index in [1.165, 1.54) is 0 Å². The van der Waals surface area contributed by atoms with Crippen LogP contribution in [0.2, 0.25) is 0 Å². The van der Waals surface area contributed by atoms with Gasteiger partial charge in [0.25, 0.3) is 0 Å².